The molecule has 0 aliphatic heterocycles. The van der Waals surface area contributed by atoms with E-state index in [1.165, 1.54) is 55.7 Å². The molecule has 0 aromatic heterocycles. The monoisotopic (exact) mass is 338 g/mol. The second-order valence-electron chi connectivity index (χ2n) is 4.90. The zero-order valence-electron chi connectivity index (χ0n) is 13.3. The van der Waals surface area contributed by atoms with Gasteiger partial charge in [-0.05, 0) is 35.9 Å². The minimum absolute atomic E-state index is 0.164. The van der Waals surface area contributed by atoms with E-state index in [9.17, 15) is 19.2 Å². The Morgan fingerprint density at radius 1 is 0.800 bits per heavy atom. The molecule has 25 heavy (non-hydrogen) atoms. The van der Waals surface area contributed by atoms with Crippen LogP contribution in [-0.2, 0) is 14.3 Å². The van der Waals surface area contributed by atoms with Gasteiger partial charge in [0.2, 0.25) is 0 Å². The summed E-state index contributed by atoms with van der Waals surface area (Å²) >= 11 is 0. The van der Waals surface area contributed by atoms with E-state index in [4.69, 9.17) is 4.74 Å². The Morgan fingerprint density at radius 2 is 1.28 bits per heavy atom. The molecule has 0 saturated heterocycles. The van der Waals surface area contributed by atoms with Gasteiger partial charge < -0.3 is 9.47 Å². The van der Waals surface area contributed by atoms with E-state index in [-0.39, 0.29) is 11.1 Å². The van der Waals surface area contributed by atoms with Gasteiger partial charge >= 0.3 is 17.9 Å². The Bertz CT molecular complexity index is 816. The van der Waals surface area contributed by atoms with E-state index >= 15 is 0 Å². The van der Waals surface area contributed by atoms with Crippen LogP contribution in [-0.4, -0.2) is 31.3 Å². The fourth-order valence-corrected chi connectivity index (χ4v) is 1.86. The summed E-state index contributed by atoms with van der Waals surface area (Å²) in [6.07, 6.45) is 3.43. The molecule has 0 heterocycles. The van der Waals surface area contributed by atoms with Gasteiger partial charge in [-0.1, -0.05) is 24.3 Å². The van der Waals surface area contributed by atoms with Crippen molar-refractivity contribution in [1.29, 1.82) is 0 Å². The number of carbonyl (C=O) groups is 4. The van der Waals surface area contributed by atoms with Crippen LogP contribution >= 0.6 is 0 Å². The molecule has 2 rings (SSSR count). The lowest BCUT2D eigenvalue weighted by atomic mass is 10.1. The summed E-state index contributed by atoms with van der Waals surface area (Å²) in [5.74, 6) is -2.10. The molecule has 0 radical (unpaired) electrons. The van der Waals surface area contributed by atoms with Gasteiger partial charge in [0, 0.05) is 11.6 Å². The molecule has 0 aliphatic rings. The van der Waals surface area contributed by atoms with Gasteiger partial charge in [-0.2, -0.15) is 0 Å². The second-order valence-corrected chi connectivity index (χ2v) is 4.90. The lowest BCUT2D eigenvalue weighted by Crippen LogP contribution is -2.12. The number of carbonyl (C=O) groups excluding carboxylic acids is 4. The normalized spacial score (nSPS) is 10.3. The summed E-state index contributed by atoms with van der Waals surface area (Å²) in [4.78, 5) is 45.5. The van der Waals surface area contributed by atoms with Gasteiger partial charge in [0.15, 0.2) is 0 Å². The first-order chi connectivity index (χ1) is 12.0. The molecule has 0 bridgehead atoms. The molecule has 2 aromatic carbocycles. The zero-order chi connectivity index (χ0) is 18.2. The SMILES string of the molecule is COC(=O)/C=C/c1ccc(C(=O)OC(=O)c2ccc(C=O)cc2)cc1. The van der Waals surface area contributed by atoms with Crippen LogP contribution < -0.4 is 0 Å². The second kappa shape index (κ2) is 8.35. The molecule has 0 spiro atoms. The third kappa shape index (κ3) is 4.97. The summed E-state index contributed by atoms with van der Waals surface area (Å²) < 4.78 is 9.27. The number of esters is 3. The number of hydrogen-bond acceptors (Lipinski definition) is 6. The van der Waals surface area contributed by atoms with E-state index in [0.29, 0.717) is 17.4 Å². The van der Waals surface area contributed by atoms with Crippen molar-refractivity contribution in [3.8, 4) is 0 Å². The molecule has 0 saturated carbocycles. The summed E-state index contributed by atoms with van der Waals surface area (Å²) in [5.41, 5.74) is 1.45. The average Bonchev–Trinajstić information content (AvgIpc) is 2.66. The molecule has 6 nitrogen and oxygen atoms in total. The Morgan fingerprint density at radius 3 is 1.72 bits per heavy atom. The number of ether oxygens (including phenoxy) is 2. The average molecular weight is 338 g/mol. The Labute approximate surface area is 143 Å². The van der Waals surface area contributed by atoms with Gasteiger partial charge in [0.25, 0.3) is 0 Å². The van der Waals surface area contributed by atoms with Crippen LogP contribution in [0.4, 0.5) is 0 Å². The molecule has 0 aliphatic carbocycles. The molecular formula is C19H14O6. The van der Waals surface area contributed by atoms with Crippen molar-refractivity contribution in [2.45, 2.75) is 0 Å². The molecule has 0 unspecified atom stereocenters. The minimum atomic E-state index is -0.808. The maximum atomic E-state index is 12.0. The molecule has 6 heteroatoms. The van der Waals surface area contributed by atoms with Gasteiger partial charge in [-0.25, -0.2) is 14.4 Å². The zero-order valence-corrected chi connectivity index (χ0v) is 13.3. The van der Waals surface area contributed by atoms with E-state index in [2.05, 4.69) is 4.74 Å². The molecule has 0 N–H and O–H groups in total. The predicted molar refractivity (Wildman–Crippen MR) is 89.1 cm³/mol. The summed E-state index contributed by atoms with van der Waals surface area (Å²) in [6.45, 7) is 0. The first-order valence-electron chi connectivity index (χ1n) is 7.21. The maximum Gasteiger partial charge on any atom is 0.346 e. The van der Waals surface area contributed by atoms with Crippen LogP contribution in [0.1, 0.15) is 36.6 Å². The van der Waals surface area contributed by atoms with E-state index < -0.39 is 17.9 Å². The van der Waals surface area contributed by atoms with Gasteiger partial charge in [-0.3, -0.25) is 4.79 Å². The molecular weight excluding hydrogens is 324 g/mol. The summed E-state index contributed by atoms with van der Waals surface area (Å²) in [6, 6.07) is 11.9. The van der Waals surface area contributed by atoms with Gasteiger partial charge in [0.1, 0.15) is 6.29 Å². The van der Waals surface area contributed by atoms with E-state index in [1.807, 2.05) is 0 Å². The van der Waals surface area contributed by atoms with Crippen molar-refractivity contribution in [3.05, 3.63) is 76.9 Å². The predicted octanol–water partition coefficient (Wildman–Crippen LogP) is 2.68. The highest BCUT2D eigenvalue weighted by atomic mass is 16.6. The Balaban J connectivity index is 2.02. The topological polar surface area (TPSA) is 86.7 Å². The number of methoxy groups -OCH3 is 1. The van der Waals surface area contributed by atoms with Crippen LogP contribution in [0.5, 0.6) is 0 Å². The molecule has 0 atom stereocenters. The number of aldehydes is 1. The number of hydrogen-bond donors (Lipinski definition) is 0. The van der Waals surface area contributed by atoms with Crippen LogP contribution in [0.25, 0.3) is 6.08 Å². The fraction of sp³-hybridized carbons (Fsp3) is 0.0526. The molecule has 0 fully saturated rings. The maximum absolute atomic E-state index is 12.0. The van der Waals surface area contributed by atoms with Crippen LogP contribution in [0.3, 0.4) is 0 Å². The van der Waals surface area contributed by atoms with Crippen LogP contribution in [0, 0.1) is 0 Å². The van der Waals surface area contributed by atoms with Crippen molar-refractivity contribution in [1.82, 2.24) is 0 Å². The lowest BCUT2D eigenvalue weighted by molar-refractivity contribution is -0.134. The highest BCUT2D eigenvalue weighted by Gasteiger charge is 2.14. The largest absolute Gasteiger partial charge is 0.466 e. The third-order valence-corrected chi connectivity index (χ3v) is 3.23. The van der Waals surface area contributed by atoms with Crippen molar-refractivity contribution >= 4 is 30.3 Å². The quantitative estimate of drug-likeness (QED) is 0.360. The first kappa shape index (κ1) is 17.8. The van der Waals surface area contributed by atoms with Crippen LogP contribution in [0.2, 0.25) is 0 Å². The minimum Gasteiger partial charge on any atom is -0.466 e. The fourth-order valence-electron chi connectivity index (χ4n) is 1.86. The van der Waals surface area contributed by atoms with Crippen molar-refractivity contribution in [3.63, 3.8) is 0 Å². The molecule has 126 valence electrons. The van der Waals surface area contributed by atoms with Crippen LogP contribution in [0.15, 0.2) is 54.6 Å². The number of benzene rings is 2. The lowest BCUT2D eigenvalue weighted by Gasteiger charge is -2.04. The highest BCUT2D eigenvalue weighted by molar-refractivity contribution is 6.02. The summed E-state index contributed by atoms with van der Waals surface area (Å²) in [5, 5.41) is 0. The van der Waals surface area contributed by atoms with Crippen molar-refractivity contribution < 1.29 is 28.7 Å². The standard InChI is InChI=1S/C19H14O6/c1-24-17(21)11-6-13-2-7-15(8-3-13)18(22)25-19(23)16-9-4-14(12-20)5-10-16/h2-12H,1H3/b11-6+. The first-order valence-corrected chi connectivity index (χ1v) is 7.21. The summed E-state index contributed by atoms with van der Waals surface area (Å²) in [7, 11) is 1.27. The third-order valence-electron chi connectivity index (χ3n) is 3.23. The Kier molecular flexibility index (Phi) is 5.95. The van der Waals surface area contributed by atoms with E-state index in [0.717, 1.165) is 0 Å². The van der Waals surface area contributed by atoms with Gasteiger partial charge in [0.05, 0.1) is 18.2 Å². The van der Waals surface area contributed by atoms with Crippen molar-refractivity contribution in [2.24, 2.45) is 0 Å². The smallest absolute Gasteiger partial charge is 0.346 e. The Hall–Kier alpha value is -3.54. The number of rotatable bonds is 5. The molecule has 0 amide bonds. The molecule has 2 aromatic rings. The van der Waals surface area contributed by atoms with E-state index in [1.54, 1.807) is 12.1 Å². The van der Waals surface area contributed by atoms with Gasteiger partial charge in [-0.15, -0.1) is 0 Å². The highest BCUT2D eigenvalue weighted by Crippen LogP contribution is 2.10. The van der Waals surface area contributed by atoms with Crippen molar-refractivity contribution in [2.75, 3.05) is 7.11 Å².